The summed E-state index contributed by atoms with van der Waals surface area (Å²) in [5.74, 6) is 3.53. The maximum absolute atomic E-state index is 5.97. The van der Waals surface area contributed by atoms with E-state index in [-0.39, 0.29) is 0 Å². The third-order valence-electron chi connectivity index (χ3n) is 6.11. The molecule has 2 N–H and O–H groups in total. The van der Waals surface area contributed by atoms with Crippen LogP contribution >= 0.6 is 0 Å². The van der Waals surface area contributed by atoms with E-state index >= 15 is 0 Å². The number of hydrogen-bond acceptors (Lipinski definition) is 4. The predicted molar refractivity (Wildman–Crippen MR) is 129 cm³/mol. The zero-order chi connectivity index (χ0) is 22.2. The van der Waals surface area contributed by atoms with Gasteiger partial charge in [-0.2, -0.15) is 0 Å². The van der Waals surface area contributed by atoms with Gasteiger partial charge in [-0.1, -0.05) is 49.6 Å². The molecule has 1 aliphatic rings. The predicted octanol–water partition coefficient (Wildman–Crippen LogP) is 4.11. The second kappa shape index (κ2) is 11.0. The lowest BCUT2D eigenvalue weighted by Gasteiger charge is -2.25. The summed E-state index contributed by atoms with van der Waals surface area (Å²) in [7, 11) is 1.98. The maximum atomic E-state index is 5.97. The molecule has 170 valence electrons. The van der Waals surface area contributed by atoms with Crippen molar-refractivity contribution in [3.8, 4) is 5.75 Å². The van der Waals surface area contributed by atoms with Crippen molar-refractivity contribution in [2.45, 2.75) is 58.0 Å². The molecule has 2 aromatic carbocycles. The van der Waals surface area contributed by atoms with E-state index in [0.29, 0.717) is 19.2 Å². The minimum absolute atomic E-state index is 0.491. The SMILES string of the molecule is Cc1nnc(CN=C(NCCCOc2ccc3ccccc3c2)NC2CCCCC2)n1C. The van der Waals surface area contributed by atoms with Gasteiger partial charge in [0.05, 0.1) is 6.61 Å². The van der Waals surface area contributed by atoms with E-state index in [0.717, 1.165) is 36.3 Å². The smallest absolute Gasteiger partial charge is 0.191 e. The lowest BCUT2D eigenvalue weighted by Crippen LogP contribution is -2.44. The average molecular weight is 435 g/mol. The molecule has 0 atom stereocenters. The highest BCUT2D eigenvalue weighted by molar-refractivity contribution is 5.83. The summed E-state index contributed by atoms with van der Waals surface area (Å²) < 4.78 is 7.96. The number of benzene rings is 2. The van der Waals surface area contributed by atoms with Crippen LogP contribution in [-0.2, 0) is 13.6 Å². The van der Waals surface area contributed by atoms with E-state index in [9.17, 15) is 0 Å². The van der Waals surface area contributed by atoms with Gasteiger partial charge in [-0.15, -0.1) is 10.2 Å². The van der Waals surface area contributed by atoms with Crippen LogP contribution in [0.1, 0.15) is 50.2 Å². The van der Waals surface area contributed by atoms with Gasteiger partial charge in [0.15, 0.2) is 11.8 Å². The van der Waals surface area contributed by atoms with Gasteiger partial charge in [0.25, 0.3) is 0 Å². The summed E-state index contributed by atoms with van der Waals surface area (Å²) in [5.41, 5.74) is 0. The average Bonchev–Trinajstić information content (AvgIpc) is 3.15. The Morgan fingerprint density at radius 2 is 1.91 bits per heavy atom. The zero-order valence-electron chi connectivity index (χ0n) is 19.2. The molecule has 0 amide bonds. The summed E-state index contributed by atoms with van der Waals surface area (Å²) >= 11 is 0. The second-order valence-electron chi connectivity index (χ2n) is 8.50. The molecule has 32 heavy (non-hydrogen) atoms. The molecular weight excluding hydrogens is 400 g/mol. The molecule has 0 saturated heterocycles. The van der Waals surface area contributed by atoms with Crippen LogP contribution in [0.2, 0.25) is 0 Å². The number of rotatable bonds is 8. The molecule has 1 fully saturated rings. The summed E-state index contributed by atoms with van der Waals surface area (Å²) in [5, 5.41) is 17.9. The Morgan fingerprint density at radius 1 is 1.09 bits per heavy atom. The monoisotopic (exact) mass is 434 g/mol. The fourth-order valence-corrected chi connectivity index (χ4v) is 4.06. The lowest BCUT2D eigenvalue weighted by atomic mass is 9.96. The summed E-state index contributed by atoms with van der Waals surface area (Å²) in [6.45, 7) is 3.91. The highest BCUT2D eigenvalue weighted by Crippen LogP contribution is 2.20. The largest absolute Gasteiger partial charge is 0.494 e. The Hall–Kier alpha value is -3.09. The van der Waals surface area contributed by atoms with Crippen LogP contribution in [0, 0.1) is 6.92 Å². The first-order chi connectivity index (χ1) is 15.7. The molecule has 0 aliphatic heterocycles. The number of aliphatic imine (C=N–C) groups is 1. The first-order valence-corrected chi connectivity index (χ1v) is 11.7. The molecule has 0 unspecified atom stereocenters. The molecule has 0 radical (unpaired) electrons. The molecule has 1 heterocycles. The van der Waals surface area contributed by atoms with Crippen molar-refractivity contribution in [2.24, 2.45) is 12.0 Å². The van der Waals surface area contributed by atoms with Gasteiger partial charge in [0, 0.05) is 19.6 Å². The standard InChI is InChI=1S/C25H34N6O/c1-19-29-30-24(31(19)2)18-27-25(28-22-11-4-3-5-12-22)26-15-8-16-32-23-14-13-20-9-6-7-10-21(20)17-23/h6-7,9-10,13-14,17,22H,3-5,8,11-12,15-16,18H2,1-2H3,(H2,26,27,28). The van der Waals surface area contributed by atoms with E-state index < -0.39 is 0 Å². The van der Waals surface area contributed by atoms with Gasteiger partial charge in [0.1, 0.15) is 18.1 Å². The van der Waals surface area contributed by atoms with Crippen molar-refractivity contribution in [3.63, 3.8) is 0 Å². The molecular formula is C25H34N6O. The minimum Gasteiger partial charge on any atom is -0.494 e. The van der Waals surface area contributed by atoms with Crippen molar-refractivity contribution in [3.05, 3.63) is 54.1 Å². The van der Waals surface area contributed by atoms with E-state index in [2.05, 4.69) is 57.2 Å². The van der Waals surface area contributed by atoms with E-state index in [1.165, 1.54) is 42.9 Å². The van der Waals surface area contributed by atoms with Crippen LogP contribution in [0.25, 0.3) is 10.8 Å². The molecule has 1 saturated carbocycles. The summed E-state index contributed by atoms with van der Waals surface area (Å²) in [6, 6.07) is 15.1. The maximum Gasteiger partial charge on any atom is 0.191 e. The highest BCUT2D eigenvalue weighted by atomic mass is 16.5. The number of fused-ring (bicyclic) bond motifs is 1. The number of hydrogen-bond donors (Lipinski definition) is 2. The zero-order valence-corrected chi connectivity index (χ0v) is 19.2. The summed E-state index contributed by atoms with van der Waals surface area (Å²) in [4.78, 5) is 4.78. The Kier molecular flexibility index (Phi) is 7.59. The Balaban J connectivity index is 1.28. The molecule has 1 aliphatic carbocycles. The molecule has 1 aromatic heterocycles. The van der Waals surface area contributed by atoms with Gasteiger partial charge >= 0.3 is 0 Å². The Bertz CT molecular complexity index is 1040. The minimum atomic E-state index is 0.491. The fourth-order valence-electron chi connectivity index (χ4n) is 4.06. The molecule has 4 rings (SSSR count). The van der Waals surface area contributed by atoms with E-state index in [1.54, 1.807) is 0 Å². The molecule has 3 aromatic rings. The Labute approximate surface area is 190 Å². The molecule has 7 nitrogen and oxygen atoms in total. The van der Waals surface area contributed by atoms with Crippen LogP contribution in [-0.4, -0.2) is 39.9 Å². The first-order valence-electron chi connectivity index (χ1n) is 11.7. The third kappa shape index (κ3) is 5.99. The Morgan fingerprint density at radius 3 is 2.69 bits per heavy atom. The normalized spacial score (nSPS) is 15.1. The van der Waals surface area contributed by atoms with Gasteiger partial charge in [-0.3, -0.25) is 0 Å². The molecule has 7 heteroatoms. The molecule has 0 bridgehead atoms. The van der Waals surface area contributed by atoms with Crippen LogP contribution < -0.4 is 15.4 Å². The molecule has 0 spiro atoms. The number of nitrogens with zero attached hydrogens (tertiary/aromatic N) is 4. The van der Waals surface area contributed by atoms with Crippen LogP contribution in [0.3, 0.4) is 0 Å². The van der Waals surface area contributed by atoms with Crippen molar-refractivity contribution in [2.75, 3.05) is 13.2 Å². The topological polar surface area (TPSA) is 76.4 Å². The van der Waals surface area contributed by atoms with Gasteiger partial charge in [-0.25, -0.2) is 4.99 Å². The van der Waals surface area contributed by atoms with Gasteiger partial charge in [0.2, 0.25) is 0 Å². The van der Waals surface area contributed by atoms with Crippen LogP contribution in [0.4, 0.5) is 0 Å². The van der Waals surface area contributed by atoms with Crippen molar-refractivity contribution >= 4 is 16.7 Å². The van der Waals surface area contributed by atoms with Crippen LogP contribution in [0.5, 0.6) is 5.75 Å². The van der Waals surface area contributed by atoms with Gasteiger partial charge < -0.3 is 19.9 Å². The number of aromatic nitrogens is 3. The van der Waals surface area contributed by atoms with Crippen molar-refractivity contribution < 1.29 is 4.74 Å². The first kappa shape index (κ1) is 22.1. The number of guanidine groups is 1. The van der Waals surface area contributed by atoms with Crippen molar-refractivity contribution in [1.82, 2.24) is 25.4 Å². The second-order valence-corrected chi connectivity index (χ2v) is 8.50. The fraction of sp³-hybridized carbons (Fsp3) is 0.480. The number of aryl methyl sites for hydroxylation is 1. The quantitative estimate of drug-likeness (QED) is 0.317. The third-order valence-corrected chi connectivity index (χ3v) is 6.11. The van der Waals surface area contributed by atoms with E-state index in [1.807, 2.05) is 24.6 Å². The summed E-state index contributed by atoms with van der Waals surface area (Å²) in [6.07, 6.45) is 7.20. The van der Waals surface area contributed by atoms with E-state index in [4.69, 9.17) is 9.73 Å². The van der Waals surface area contributed by atoms with Gasteiger partial charge in [-0.05, 0) is 49.1 Å². The van der Waals surface area contributed by atoms with Crippen LogP contribution in [0.15, 0.2) is 47.5 Å². The number of ether oxygens (including phenoxy) is 1. The highest BCUT2D eigenvalue weighted by Gasteiger charge is 2.15. The lowest BCUT2D eigenvalue weighted by molar-refractivity contribution is 0.311. The van der Waals surface area contributed by atoms with Crippen molar-refractivity contribution in [1.29, 1.82) is 0 Å². The number of nitrogens with one attached hydrogen (secondary N) is 2.